The van der Waals surface area contributed by atoms with Crippen LogP contribution in [0.4, 0.5) is 5.69 Å². The van der Waals surface area contributed by atoms with Crippen LogP contribution < -0.4 is 15.2 Å². The summed E-state index contributed by atoms with van der Waals surface area (Å²) in [5.74, 6) is 1.59. The SMILES string of the molecule is COc1cccc(OCc2cn(C(C)C)c3cc(N)ccc23)c1. The summed E-state index contributed by atoms with van der Waals surface area (Å²) >= 11 is 0. The number of fused-ring (bicyclic) bond motifs is 1. The lowest BCUT2D eigenvalue weighted by Crippen LogP contribution is -1.99. The normalized spacial score (nSPS) is 11.1. The summed E-state index contributed by atoms with van der Waals surface area (Å²) in [7, 11) is 1.65. The molecule has 3 aromatic rings. The first-order chi connectivity index (χ1) is 11.1. The van der Waals surface area contributed by atoms with Crippen molar-refractivity contribution in [3.63, 3.8) is 0 Å². The molecule has 1 aromatic heterocycles. The lowest BCUT2D eigenvalue weighted by atomic mass is 10.1. The molecule has 0 aliphatic heterocycles. The molecule has 4 nitrogen and oxygen atoms in total. The Balaban J connectivity index is 1.90. The summed E-state index contributed by atoms with van der Waals surface area (Å²) in [5, 5.41) is 1.18. The molecule has 0 saturated heterocycles. The molecule has 120 valence electrons. The molecule has 2 N–H and O–H groups in total. The van der Waals surface area contributed by atoms with E-state index in [0.717, 1.165) is 28.3 Å². The molecule has 0 spiro atoms. The molecule has 0 radical (unpaired) electrons. The second kappa shape index (κ2) is 6.24. The van der Waals surface area contributed by atoms with Crippen molar-refractivity contribution in [2.75, 3.05) is 12.8 Å². The number of nitrogens with two attached hydrogens (primary N) is 1. The minimum absolute atomic E-state index is 0.366. The quantitative estimate of drug-likeness (QED) is 0.711. The third-order valence-corrected chi connectivity index (χ3v) is 3.93. The molecular weight excluding hydrogens is 288 g/mol. The fraction of sp³-hybridized carbons (Fsp3) is 0.263. The van der Waals surface area contributed by atoms with Gasteiger partial charge in [-0.1, -0.05) is 12.1 Å². The van der Waals surface area contributed by atoms with Gasteiger partial charge in [-0.05, 0) is 38.1 Å². The van der Waals surface area contributed by atoms with Gasteiger partial charge in [0.25, 0.3) is 0 Å². The van der Waals surface area contributed by atoms with Gasteiger partial charge in [-0.2, -0.15) is 0 Å². The van der Waals surface area contributed by atoms with E-state index >= 15 is 0 Å². The van der Waals surface area contributed by atoms with Gasteiger partial charge in [0.15, 0.2) is 0 Å². The Morgan fingerprint density at radius 1 is 1.09 bits per heavy atom. The highest BCUT2D eigenvalue weighted by atomic mass is 16.5. The first-order valence-corrected chi connectivity index (χ1v) is 7.74. The molecule has 0 amide bonds. The van der Waals surface area contributed by atoms with Gasteiger partial charge >= 0.3 is 0 Å². The fourth-order valence-electron chi connectivity index (χ4n) is 2.74. The second-order valence-electron chi connectivity index (χ2n) is 5.90. The summed E-state index contributed by atoms with van der Waals surface area (Å²) in [6.07, 6.45) is 2.15. The number of nitrogens with zero attached hydrogens (tertiary/aromatic N) is 1. The molecule has 0 saturated carbocycles. The van der Waals surface area contributed by atoms with Gasteiger partial charge in [-0.25, -0.2) is 0 Å². The van der Waals surface area contributed by atoms with E-state index in [0.29, 0.717) is 12.6 Å². The summed E-state index contributed by atoms with van der Waals surface area (Å²) in [6.45, 7) is 4.83. The van der Waals surface area contributed by atoms with Gasteiger partial charge in [0.1, 0.15) is 18.1 Å². The van der Waals surface area contributed by atoms with Gasteiger partial charge in [0.2, 0.25) is 0 Å². The number of methoxy groups -OCH3 is 1. The first kappa shape index (κ1) is 15.3. The van der Waals surface area contributed by atoms with Crippen LogP contribution in [0.25, 0.3) is 10.9 Å². The van der Waals surface area contributed by atoms with Crippen molar-refractivity contribution in [1.82, 2.24) is 4.57 Å². The number of ether oxygens (including phenoxy) is 2. The zero-order valence-electron chi connectivity index (χ0n) is 13.7. The van der Waals surface area contributed by atoms with Crippen molar-refractivity contribution in [3.8, 4) is 11.5 Å². The van der Waals surface area contributed by atoms with Crippen LogP contribution in [0, 0.1) is 0 Å². The van der Waals surface area contributed by atoms with E-state index in [4.69, 9.17) is 15.2 Å². The highest BCUT2D eigenvalue weighted by Gasteiger charge is 2.11. The Labute approximate surface area is 136 Å². The van der Waals surface area contributed by atoms with E-state index in [1.807, 2.05) is 36.4 Å². The molecule has 0 bridgehead atoms. The number of benzene rings is 2. The van der Waals surface area contributed by atoms with Crippen molar-refractivity contribution >= 4 is 16.6 Å². The number of aromatic nitrogens is 1. The molecule has 1 heterocycles. The van der Waals surface area contributed by atoms with Gasteiger partial charge in [-0.15, -0.1) is 0 Å². The predicted molar refractivity (Wildman–Crippen MR) is 94.1 cm³/mol. The largest absolute Gasteiger partial charge is 0.497 e. The number of hydrogen-bond donors (Lipinski definition) is 1. The minimum Gasteiger partial charge on any atom is -0.497 e. The molecule has 2 aromatic carbocycles. The van der Waals surface area contributed by atoms with Crippen LogP contribution in [0.1, 0.15) is 25.5 Å². The molecule has 0 aliphatic rings. The number of anilines is 1. The summed E-state index contributed by atoms with van der Waals surface area (Å²) < 4.78 is 13.4. The molecular formula is C19H22N2O2. The van der Waals surface area contributed by atoms with E-state index < -0.39 is 0 Å². The lowest BCUT2D eigenvalue weighted by Gasteiger charge is -2.09. The van der Waals surface area contributed by atoms with E-state index in [9.17, 15) is 0 Å². The summed E-state index contributed by atoms with van der Waals surface area (Å²) in [5.41, 5.74) is 9.01. The third-order valence-electron chi connectivity index (χ3n) is 3.93. The van der Waals surface area contributed by atoms with Crippen LogP contribution in [0.5, 0.6) is 11.5 Å². The molecule has 0 fully saturated rings. The maximum Gasteiger partial charge on any atom is 0.123 e. The maximum atomic E-state index is 5.94. The third kappa shape index (κ3) is 3.11. The Kier molecular flexibility index (Phi) is 4.15. The summed E-state index contributed by atoms with van der Waals surface area (Å²) in [6, 6.07) is 14.0. The number of hydrogen-bond acceptors (Lipinski definition) is 3. The van der Waals surface area contributed by atoms with E-state index in [1.54, 1.807) is 7.11 Å². The van der Waals surface area contributed by atoms with E-state index in [-0.39, 0.29) is 0 Å². The first-order valence-electron chi connectivity index (χ1n) is 7.74. The van der Waals surface area contributed by atoms with Crippen molar-refractivity contribution < 1.29 is 9.47 Å². The van der Waals surface area contributed by atoms with E-state index in [2.05, 4.69) is 30.7 Å². The van der Waals surface area contributed by atoms with Crippen LogP contribution in [-0.4, -0.2) is 11.7 Å². The van der Waals surface area contributed by atoms with Crippen LogP contribution >= 0.6 is 0 Å². The minimum atomic E-state index is 0.366. The zero-order valence-corrected chi connectivity index (χ0v) is 13.7. The van der Waals surface area contributed by atoms with Gasteiger partial charge in [0, 0.05) is 34.9 Å². The van der Waals surface area contributed by atoms with Crippen molar-refractivity contribution in [3.05, 3.63) is 54.2 Å². The number of rotatable bonds is 5. The molecule has 4 heteroatoms. The molecule has 0 unspecified atom stereocenters. The molecule has 0 atom stereocenters. The van der Waals surface area contributed by atoms with Gasteiger partial charge in [0.05, 0.1) is 12.6 Å². The average molecular weight is 310 g/mol. The fourth-order valence-corrected chi connectivity index (χ4v) is 2.74. The lowest BCUT2D eigenvalue weighted by molar-refractivity contribution is 0.304. The average Bonchev–Trinajstić information content (AvgIpc) is 2.91. The van der Waals surface area contributed by atoms with Crippen LogP contribution in [0.3, 0.4) is 0 Å². The van der Waals surface area contributed by atoms with Crippen LogP contribution in [-0.2, 0) is 6.61 Å². The smallest absolute Gasteiger partial charge is 0.123 e. The Morgan fingerprint density at radius 3 is 2.61 bits per heavy atom. The van der Waals surface area contributed by atoms with Crippen molar-refractivity contribution in [2.45, 2.75) is 26.5 Å². The Bertz CT molecular complexity index is 821. The van der Waals surface area contributed by atoms with Crippen LogP contribution in [0.2, 0.25) is 0 Å². The van der Waals surface area contributed by atoms with E-state index in [1.165, 1.54) is 5.39 Å². The zero-order chi connectivity index (χ0) is 16.4. The summed E-state index contributed by atoms with van der Waals surface area (Å²) in [4.78, 5) is 0. The van der Waals surface area contributed by atoms with Gasteiger partial charge < -0.3 is 19.8 Å². The van der Waals surface area contributed by atoms with Crippen molar-refractivity contribution in [2.24, 2.45) is 0 Å². The monoisotopic (exact) mass is 310 g/mol. The van der Waals surface area contributed by atoms with Gasteiger partial charge in [-0.3, -0.25) is 0 Å². The topological polar surface area (TPSA) is 49.4 Å². The highest BCUT2D eigenvalue weighted by molar-refractivity contribution is 5.86. The highest BCUT2D eigenvalue weighted by Crippen LogP contribution is 2.28. The maximum absolute atomic E-state index is 5.94. The van der Waals surface area contributed by atoms with Crippen molar-refractivity contribution in [1.29, 1.82) is 0 Å². The van der Waals surface area contributed by atoms with Crippen LogP contribution in [0.15, 0.2) is 48.7 Å². The molecule has 3 rings (SSSR count). The second-order valence-corrected chi connectivity index (χ2v) is 5.90. The standard InChI is InChI=1S/C19H22N2O2/c1-13(2)21-11-14(18-8-7-15(20)9-19(18)21)12-23-17-6-4-5-16(10-17)22-3/h4-11,13H,12,20H2,1-3H3. The predicted octanol–water partition coefficient (Wildman–Crippen LogP) is 4.39. The Hall–Kier alpha value is -2.62. The molecule has 23 heavy (non-hydrogen) atoms. The molecule has 0 aliphatic carbocycles. The number of nitrogen functional groups attached to an aromatic ring is 1. The Morgan fingerprint density at radius 2 is 1.87 bits per heavy atom.